The van der Waals surface area contributed by atoms with Gasteiger partial charge in [-0.2, -0.15) is 11.3 Å². The third kappa shape index (κ3) is 5.16. The molecule has 1 rings (SSSR count). The van der Waals surface area contributed by atoms with Gasteiger partial charge in [0.15, 0.2) is 0 Å². The minimum atomic E-state index is -3.14. The summed E-state index contributed by atoms with van der Waals surface area (Å²) in [6.07, 6.45) is 1.02. The van der Waals surface area contributed by atoms with Crippen LogP contribution in [0.25, 0.3) is 0 Å². The third-order valence-corrected chi connectivity index (χ3v) is 4.95. The van der Waals surface area contributed by atoms with E-state index in [1.165, 1.54) is 4.31 Å². The maximum absolute atomic E-state index is 11.9. The molecule has 0 aliphatic carbocycles. The zero-order valence-electron chi connectivity index (χ0n) is 10.3. The lowest BCUT2D eigenvalue weighted by molar-refractivity contribution is 0.465. The minimum absolute atomic E-state index is 0.160. The van der Waals surface area contributed by atoms with Crippen LogP contribution in [0.4, 0.5) is 0 Å². The van der Waals surface area contributed by atoms with Crippen molar-refractivity contribution in [3.8, 4) is 0 Å². The van der Waals surface area contributed by atoms with Crippen molar-refractivity contribution >= 4 is 21.4 Å². The van der Waals surface area contributed by atoms with E-state index in [9.17, 15) is 8.42 Å². The summed E-state index contributed by atoms with van der Waals surface area (Å²) in [7, 11) is -1.51. The number of thiophene rings is 1. The van der Waals surface area contributed by atoms with E-state index in [1.54, 1.807) is 18.4 Å². The van der Waals surface area contributed by atoms with Crippen molar-refractivity contribution in [2.75, 3.05) is 25.9 Å². The summed E-state index contributed by atoms with van der Waals surface area (Å²) in [5, 5.41) is 7.03. The van der Waals surface area contributed by atoms with E-state index < -0.39 is 10.0 Å². The van der Waals surface area contributed by atoms with E-state index in [4.69, 9.17) is 0 Å². The SMILES string of the molecule is CCCNCCS(=O)(=O)N(C)Cc1ccsc1. The van der Waals surface area contributed by atoms with Crippen LogP contribution in [0.3, 0.4) is 0 Å². The van der Waals surface area contributed by atoms with Gasteiger partial charge >= 0.3 is 0 Å². The van der Waals surface area contributed by atoms with E-state index in [2.05, 4.69) is 12.2 Å². The molecule has 0 spiro atoms. The third-order valence-electron chi connectivity index (χ3n) is 2.42. The molecule has 0 aliphatic heterocycles. The van der Waals surface area contributed by atoms with E-state index in [-0.39, 0.29) is 5.75 Å². The van der Waals surface area contributed by atoms with E-state index in [0.717, 1.165) is 18.5 Å². The van der Waals surface area contributed by atoms with Gasteiger partial charge in [0, 0.05) is 20.1 Å². The highest BCUT2D eigenvalue weighted by molar-refractivity contribution is 7.89. The van der Waals surface area contributed by atoms with Crippen molar-refractivity contribution in [3.05, 3.63) is 22.4 Å². The Balaban J connectivity index is 2.41. The van der Waals surface area contributed by atoms with Crippen molar-refractivity contribution in [2.45, 2.75) is 19.9 Å². The molecular formula is C11H20N2O2S2. The largest absolute Gasteiger partial charge is 0.316 e. The Bertz CT molecular complexity index is 401. The molecule has 0 atom stereocenters. The summed E-state index contributed by atoms with van der Waals surface area (Å²) in [6, 6.07) is 1.95. The van der Waals surface area contributed by atoms with Crippen LogP contribution in [0.15, 0.2) is 16.8 Å². The topological polar surface area (TPSA) is 49.4 Å². The zero-order chi connectivity index (χ0) is 12.7. The molecule has 1 heterocycles. The number of sulfonamides is 1. The molecule has 0 aromatic carbocycles. The van der Waals surface area contributed by atoms with Gasteiger partial charge in [-0.15, -0.1) is 0 Å². The second-order valence-electron chi connectivity index (χ2n) is 3.95. The first-order valence-electron chi connectivity index (χ1n) is 5.72. The quantitative estimate of drug-likeness (QED) is 0.732. The van der Waals surface area contributed by atoms with Crippen molar-refractivity contribution in [2.24, 2.45) is 0 Å². The fraction of sp³-hybridized carbons (Fsp3) is 0.636. The normalized spacial score (nSPS) is 12.2. The van der Waals surface area contributed by atoms with Gasteiger partial charge in [0.1, 0.15) is 0 Å². The first kappa shape index (κ1) is 14.6. The Kier molecular flexibility index (Phi) is 6.11. The molecule has 1 N–H and O–H groups in total. The van der Waals surface area contributed by atoms with Gasteiger partial charge in [-0.1, -0.05) is 6.92 Å². The van der Waals surface area contributed by atoms with Crippen molar-refractivity contribution < 1.29 is 8.42 Å². The lowest BCUT2D eigenvalue weighted by Crippen LogP contribution is -2.33. The number of rotatable bonds is 8. The molecule has 0 saturated heterocycles. The highest BCUT2D eigenvalue weighted by atomic mass is 32.2. The first-order chi connectivity index (χ1) is 8.06. The van der Waals surface area contributed by atoms with E-state index in [1.807, 2.05) is 16.8 Å². The van der Waals surface area contributed by atoms with Crippen LogP contribution < -0.4 is 5.32 Å². The van der Waals surface area contributed by atoms with Crippen LogP contribution >= 0.6 is 11.3 Å². The molecule has 0 saturated carbocycles. The van der Waals surface area contributed by atoms with E-state index in [0.29, 0.717) is 13.1 Å². The van der Waals surface area contributed by atoms with Crippen LogP contribution in [0.5, 0.6) is 0 Å². The van der Waals surface area contributed by atoms with Gasteiger partial charge in [-0.25, -0.2) is 12.7 Å². The molecule has 0 radical (unpaired) electrons. The molecular weight excluding hydrogens is 256 g/mol. The Labute approximate surface area is 108 Å². The highest BCUT2D eigenvalue weighted by Gasteiger charge is 2.17. The van der Waals surface area contributed by atoms with Gasteiger partial charge < -0.3 is 5.32 Å². The molecule has 0 bridgehead atoms. The fourth-order valence-corrected chi connectivity index (χ4v) is 3.12. The second-order valence-corrected chi connectivity index (χ2v) is 6.93. The average molecular weight is 276 g/mol. The van der Waals surface area contributed by atoms with Crippen molar-refractivity contribution in [1.29, 1.82) is 0 Å². The maximum Gasteiger partial charge on any atom is 0.215 e. The molecule has 1 aromatic rings. The number of hydrogen-bond acceptors (Lipinski definition) is 4. The maximum atomic E-state index is 11.9. The summed E-state index contributed by atoms with van der Waals surface area (Å²) >= 11 is 1.58. The van der Waals surface area contributed by atoms with Crippen LogP contribution in [0.2, 0.25) is 0 Å². The summed E-state index contributed by atoms with van der Waals surface area (Å²) in [6.45, 7) is 3.90. The highest BCUT2D eigenvalue weighted by Crippen LogP contribution is 2.10. The predicted octanol–water partition coefficient (Wildman–Crippen LogP) is 1.51. The first-order valence-corrected chi connectivity index (χ1v) is 8.27. The van der Waals surface area contributed by atoms with Crippen LogP contribution in [0, 0.1) is 0 Å². The van der Waals surface area contributed by atoms with E-state index >= 15 is 0 Å². The molecule has 1 aromatic heterocycles. The predicted molar refractivity (Wildman–Crippen MR) is 72.7 cm³/mol. The van der Waals surface area contributed by atoms with Gasteiger partial charge in [0.05, 0.1) is 5.75 Å². The zero-order valence-corrected chi connectivity index (χ0v) is 12.0. The molecule has 0 aliphatic rings. The fourth-order valence-electron chi connectivity index (χ4n) is 1.40. The molecule has 0 unspecified atom stereocenters. The van der Waals surface area contributed by atoms with Gasteiger partial charge in [-0.05, 0) is 35.4 Å². The number of nitrogens with zero attached hydrogens (tertiary/aromatic N) is 1. The molecule has 98 valence electrons. The summed E-state index contributed by atoms with van der Waals surface area (Å²) in [4.78, 5) is 0. The van der Waals surface area contributed by atoms with Crippen molar-refractivity contribution in [1.82, 2.24) is 9.62 Å². The Morgan fingerprint density at radius 2 is 2.18 bits per heavy atom. The summed E-state index contributed by atoms with van der Waals surface area (Å²) in [5.74, 6) is 0.160. The second kappa shape index (κ2) is 7.10. The van der Waals surface area contributed by atoms with Gasteiger partial charge in [0.2, 0.25) is 10.0 Å². The van der Waals surface area contributed by atoms with Gasteiger partial charge in [-0.3, -0.25) is 0 Å². The smallest absolute Gasteiger partial charge is 0.215 e. The lowest BCUT2D eigenvalue weighted by Gasteiger charge is -2.16. The molecule has 4 nitrogen and oxygen atoms in total. The standard InChI is InChI=1S/C11H20N2O2S2/c1-3-5-12-6-8-17(14,15)13(2)9-11-4-7-16-10-11/h4,7,10,12H,3,5-6,8-9H2,1-2H3. The Morgan fingerprint density at radius 3 is 2.76 bits per heavy atom. The molecule has 0 amide bonds. The van der Waals surface area contributed by atoms with Crippen LogP contribution in [-0.2, 0) is 16.6 Å². The minimum Gasteiger partial charge on any atom is -0.316 e. The average Bonchev–Trinajstić information content (AvgIpc) is 2.77. The number of hydrogen-bond donors (Lipinski definition) is 1. The van der Waals surface area contributed by atoms with Crippen LogP contribution in [-0.4, -0.2) is 38.6 Å². The number of nitrogens with one attached hydrogen (secondary N) is 1. The molecule has 17 heavy (non-hydrogen) atoms. The summed E-state index contributed by atoms with van der Waals surface area (Å²) in [5.41, 5.74) is 1.04. The monoisotopic (exact) mass is 276 g/mol. The Morgan fingerprint density at radius 1 is 1.41 bits per heavy atom. The van der Waals surface area contributed by atoms with Crippen molar-refractivity contribution in [3.63, 3.8) is 0 Å². The van der Waals surface area contributed by atoms with Crippen LogP contribution in [0.1, 0.15) is 18.9 Å². The Hall–Kier alpha value is -0.430. The lowest BCUT2D eigenvalue weighted by atomic mass is 10.3. The molecule has 6 heteroatoms. The van der Waals surface area contributed by atoms with Gasteiger partial charge in [0.25, 0.3) is 0 Å². The summed E-state index contributed by atoms with van der Waals surface area (Å²) < 4.78 is 25.2. The molecule has 0 fully saturated rings.